The standard InChI is InChI=1S/C12H15NO/c1-2-10-13-12(14)9-8-11-6-4-3-5-7-11/h2-7,10H,8-9H2,1H3,(H,13,14)/b10-2+. The summed E-state index contributed by atoms with van der Waals surface area (Å²) in [7, 11) is 0. The Morgan fingerprint density at radius 2 is 2.07 bits per heavy atom. The number of carbonyl (C=O) groups is 1. The molecule has 2 heteroatoms. The summed E-state index contributed by atoms with van der Waals surface area (Å²) in [5, 5.41) is 2.68. The zero-order valence-electron chi connectivity index (χ0n) is 8.36. The van der Waals surface area contributed by atoms with Gasteiger partial charge < -0.3 is 5.32 Å². The van der Waals surface area contributed by atoms with E-state index >= 15 is 0 Å². The van der Waals surface area contributed by atoms with E-state index in [-0.39, 0.29) is 5.91 Å². The van der Waals surface area contributed by atoms with Gasteiger partial charge >= 0.3 is 0 Å². The van der Waals surface area contributed by atoms with E-state index < -0.39 is 0 Å². The first kappa shape index (κ1) is 10.5. The van der Waals surface area contributed by atoms with Crippen LogP contribution >= 0.6 is 0 Å². The van der Waals surface area contributed by atoms with E-state index in [0.717, 1.165) is 6.42 Å². The molecule has 0 spiro atoms. The summed E-state index contributed by atoms with van der Waals surface area (Å²) in [4.78, 5) is 11.2. The number of hydrogen-bond donors (Lipinski definition) is 1. The lowest BCUT2D eigenvalue weighted by atomic mass is 10.1. The molecule has 0 aliphatic heterocycles. The van der Waals surface area contributed by atoms with E-state index in [9.17, 15) is 4.79 Å². The Morgan fingerprint density at radius 3 is 2.71 bits per heavy atom. The van der Waals surface area contributed by atoms with Gasteiger partial charge in [-0.05, 0) is 25.1 Å². The summed E-state index contributed by atoms with van der Waals surface area (Å²) >= 11 is 0. The fourth-order valence-corrected chi connectivity index (χ4v) is 1.15. The van der Waals surface area contributed by atoms with Crippen LogP contribution in [0.5, 0.6) is 0 Å². The first-order valence-corrected chi connectivity index (χ1v) is 4.77. The first-order valence-electron chi connectivity index (χ1n) is 4.77. The summed E-state index contributed by atoms with van der Waals surface area (Å²) in [5.41, 5.74) is 1.20. The topological polar surface area (TPSA) is 29.1 Å². The molecular formula is C12H15NO. The maximum absolute atomic E-state index is 11.2. The highest BCUT2D eigenvalue weighted by molar-refractivity contribution is 5.77. The van der Waals surface area contributed by atoms with Crippen molar-refractivity contribution in [3.05, 3.63) is 48.2 Å². The summed E-state index contributed by atoms with van der Waals surface area (Å²) in [6, 6.07) is 10.0. The fourth-order valence-electron chi connectivity index (χ4n) is 1.15. The van der Waals surface area contributed by atoms with Crippen molar-refractivity contribution in [2.24, 2.45) is 0 Å². The number of carbonyl (C=O) groups excluding carboxylic acids is 1. The van der Waals surface area contributed by atoms with Crippen LogP contribution in [0.1, 0.15) is 18.9 Å². The molecule has 74 valence electrons. The summed E-state index contributed by atoms with van der Waals surface area (Å²) in [5.74, 6) is 0.0620. The molecule has 0 unspecified atom stereocenters. The van der Waals surface area contributed by atoms with Crippen LogP contribution in [-0.4, -0.2) is 5.91 Å². The van der Waals surface area contributed by atoms with Crippen LogP contribution in [0.2, 0.25) is 0 Å². The van der Waals surface area contributed by atoms with Gasteiger partial charge in [-0.15, -0.1) is 0 Å². The molecule has 1 aromatic rings. The second-order valence-electron chi connectivity index (χ2n) is 3.05. The number of rotatable bonds is 4. The average molecular weight is 189 g/mol. The summed E-state index contributed by atoms with van der Waals surface area (Å²) in [6.45, 7) is 1.87. The largest absolute Gasteiger partial charge is 0.333 e. The minimum atomic E-state index is 0.0620. The highest BCUT2D eigenvalue weighted by atomic mass is 16.1. The van der Waals surface area contributed by atoms with Crippen molar-refractivity contribution < 1.29 is 4.79 Å². The molecule has 0 aromatic heterocycles. The quantitative estimate of drug-likeness (QED) is 0.773. The van der Waals surface area contributed by atoms with E-state index in [0.29, 0.717) is 6.42 Å². The fraction of sp³-hybridized carbons (Fsp3) is 0.250. The molecule has 0 saturated heterocycles. The maximum Gasteiger partial charge on any atom is 0.224 e. The lowest BCUT2D eigenvalue weighted by molar-refractivity contribution is -0.120. The van der Waals surface area contributed by atoms with Crippen LogP contribution in [-0.2, 0) is 11.2 Å². The predicted molar refractivity (Wildman–Crippen MR) is 57.7 cm³/mol. The normalized spacial score (nSPS) is 10.4. The molecule has 1 aromatic carbocycles. The Morgan fingerprint density at radius 1 is 1.36 bits per heavy atom. The molecule has 1 rings (SSSR count). The van der Waals surface area contributed by atoms with Crippen molar-refractivity contribution in [2.45, 2.75) is 19.8 Å². The van der Waals surface area contributed by atoms with Crippen molar-refractivity contribution in [2.75, 3.05) is 0 Å². The monoisotopic (exact) mass is 189 g/mol. The highest BCUT2D eigenvalue weighted by Gasteiger charge is 1.98. The minimum Gasteiger partial charge on any atom is -0.333 e. The van der Waals surface area contributed by atoms with Gasteiger partial charge in [-0.3, -0.25) is 4.79 Å². The van der Waals surface area contributed by atoms with Gasteiger partial charge in [0.2, 0.25) is 5.91 Å². The molecule has 1 amide bonds. The number of hydrogen-bond acceptors (Lipinski definition) is 1. The third-order valence-electron chi connectivity index (χ3n) is 1.89. The Labute approximate surface area is 84.6 Å². The lowest BCUT2D eigenvalue weighted by Crippen LogP contribution is -2.17. The zero-order chi connectivity index (χ0) is 10.2. The Hall–Kier alpha value is -1.57. The van der Waals surface area contributed by atoms with Crippen molar-refractivity contribution in [3.8, 4) is 0 Å². The van der Waals surface area contributed by atoms with E-state index in [4.69, 9.17) is 0 Å². The van der Waals surface area contributed by atoms with E-state index in [1.165, 1.54) is 5.56 Å². The van der Waals surface area contributed by atoms with Crippen LogP contribution in [0.15, 0.2) is 42.6 Å². The van der Waals surface area contributed by atoms with Gasteiger partial charge in [0.25, 0.3) is 0 Å². The van der Waals surface area contributed by atoms with Gasteiger partial charge in [0, 0.05) is 6.42 Å². The molecular weight excluding hydrogens is 174 g/mol. The predicted octanol–water partition coefficient (Wildman–Crippen LogP) is 2.27. The first-order chi connectivity index (χ1) is 6.83. The molecule has 0 aliphatic carbocycles. The van der Waals surface area contributed by atoms with E-state index in [1.54, 1.807) is 12.3 Å². The van der Waals surface area contributed by atoms with Gasteiger partial charge in [-0.2, -0.15) is 0 Å². The van der Waals surface area contributed by atoms with Gasteiger partial charge in [0.15, 0.2) is 0 Å². The molecule has 0 fully saturated rings. The van der Waals surface area contributed by atoms with E-state index in [1.807, 2.05) is 37.3 Å². The number of benzene rings is 1. The minimum absolute atomic E-state index is 0.0620. The molecule has 0 radical (unpaired) electrons. The molecule has 1 N–H and O–H groups in total. The number of amides is 1. The zero-order valence-corrected chi connectivity index (χ0v) is 8.36. The Kier molecular flexibility index (Phi) is 4.48. The molecule has 0 aliphatic rings. The van der Waals surface area contributed by atoms with E-state index in [2.05, 4.69) is 5.32 Å². The third-order valence-corrected chi connectivity index (χ3v) is 1.89. The smallest absolute Gasteiger partial charge is 0.224 e. The summed E-state index contributed by atoms with van der Waals surface area (Å²) in [6.07, 6.45) is 4.80. The molecule has 0 heterocycles. The molecule has 0 saturated carbocycles. The van der Waals surface area contributed by atoms with Crippen molar-refractivity contribution in [1.82, 2.24) is 5.32 Å². The van der Waals surface area contributed by atoms with Gasteiger partial charge in [-0.25, -0.2) is 0 Å². The van der Waals surface area contributed by atoms with Gasteiger partial charge in [0.05, 0.1) is 0 Å². The molecule has 2 nitrogen and oxygen atoms in total. The number of aryl methyl sites for hydroxylation is 1. The van der Waals surface area contributed by atoms with Gasteiger partial charge in [0.1, 0.15) is 0 Å². The molecule has 0 atom stereocenters. The maximum atomic E-state index is 11.2. The van der Waals surface area contributed by atoms with Crippen LogP contribution in [0.4, 0.5) is 0 Å². The average Bonchev–Trinajstić information content (AvgIpc) is 2.25. The van der Waals surface area contributed by atoms with Crippen LogP contribution in [0.25, 0.3) is 0 Å². The Bertz CT molecular complexity index is 303. The van der Waals surface area contributed by atoms with Crippen LogP contribution < -0.4 is 5.32 Å². The second kappa shape index (κ2) is 5.97. The van der Waals surface area contributed by atoms with Crippen LogP contribution in [0.3, 0.4) is 0 Å². The SMILES string of the molecule is C/C=C/NC(=O)CCc1ccccc1. The number of nitrogens with one attached hydrogen (secondary N) is 1. The second-order valence-corrected chi connectivity index (χ2v) is 3.05. The van der Waals surface area contributed by atoms with Crippen molar-refractivity contribution >= 4 is 5.91 Å². The third kappa shape index (κ3) is 3.90. The highest BCUT2D eigenvalue weighted by Crippen LogP contribution is 2.01. The van der Waals surface area contributed by atoms with Crippen molar-refractivity contribution in [1.29, 1.82) is 0 Å². The lowest BCUT2D eigenvalue weighted by Gasteiger charge is -2.00. The summed E-state index contributed by atoms with van der Waals surface area (Å²) < 4.78 is 0. The molecule has 14 heavy (non-hydrogen) atoms. The van der Waals surface area contributed by atoms with Crippen LogP contribution in [0, 0.1) is 0 Å². The number of allylic oxidation sites excluding steroid dienone is 1. The molecule has 0 bridgehead atoms. The Balaban J connectivity index is 2.31. The van der Waals surface area contributed by atoms with Gasteiger partial charge in [-0.1, -0.05) is 36.4 Å². The van der Waals surface area contributed by atoms with Crippen molar-refractivity contribution in [3.63, 3.8) is 0 Å².